The lowest BCUT2D eigenvalue weighted by atomic mass is 9.89. The Kier molecular flexibility index (Phi) is 7.37. The monoisotopic (exact) mass is 450 g/mol. The first-order chi connectivity index (χ1) is 16.0. The lowest BCUT2D eigenvalue weighted by Gasteiger charge is -2.28. The van der Waals surface area contributed by atoms with Gasteiger partial charge in [-0.2, -0.15) is 0 Å². The number of ether oxygens (including phenoxy) is 2. The van der Waals surface area contributed by atoms with Crippen LogP contribution in [-0.2, 0) is 0 Å². The molecule has 0 spiro atoms. The molecule has 0 bridgehead atoms. The van der Waals surface area contributed by atoms with E-state index in [4.69, 9.17) is 14.5 Å². The zero-order valence-corrected chi connectivity index (χ0v) is 19.8. The van der Waals surface area contributed by atoms with Gasteiger partial charge in [-0.3, -0.25) is 9.20 Å². The van der Waals surface area contributed by atoms with E-state index in [0.717, 1.165) is 41.1 Å². The van der Waals surface area contributed by atoms with Gasteiger partial charge in [-0.25, -0.2) is 4.98 Å². The van der Waals surface area contributed by atoms with Crippen molar-refractivity contribution in [3.05, 3.63) is 53.9 Å². The second-order valence-corrected chi connectivity index (χ2v) is 8.83. The minimum absolute atomic E-state index is 0.123. The van der Waals surface area contributed by atoms with E-state index in [0.29, 0.717) is 18.7 Å². The molecule has 1 N–H and O–H groups in total. The number of hydrogen-bond acceptors (Lipinski definition) is 5. The smallest absolute Gasteiger partial charge is 0.252 e. The van der Waals surface area contributed by atoms with Crippen LogP contribution < -0.4 is 19.7 Å². The predicted octanol–water partition coefficient (Wildman–Crippen LogP) is 4.48. The normalized spacial score (nSPS) is 14.3. The first-order valence-corrected chi connectivity index (χ1v) is 11.8. The van der Waals surface area contributed by atoms with E-state index < -0.39 is 0 Å². The van der Waals surface area contributed by atoms with Gasteiger partial charge in [0.1, 0.15) is 29.6 Å². The van der Waals surface area contributed by atoms with Crippen LogP contribution >= 0.6 is 0 Å². The number of pyridine rings is 1. The molecule has 2 aromatic heterocycles. The van der Waals surface area contributed by atoms with Gasteiger partial charge in [-0.05, 0) is 62.1 Å². The molecule has 0 radical (unpaired) electrons. The molecule has 2 heterocycles. The van der Waals surface area contributed by atoms with Crippen molar-refractivity contribution < 1.29 is 14.3 Å². The van der Waals surface area contributed by atoms with Crippen molar-refractivity contribution in [1.82, 2.24) is 14.7 Å². The second kappa shape index (κ2) is 10.6. The van der Waals surface area contributed by atoms with Gasteiger partial charge in [-0.1, -0.05) is 19.3 Å². The van der Waals surface area contributed by atoms with Crippen LogP contribution in [0.1, 0.15) is 48.2 Å². The van der Waals surface area contributed by atoms with Crippen LogP contribution in [0.2, 0.25) is 0 Å². The number of carbonyl (C=O) groups is 1. The number of hydrogen-bond donors (Lipinski definition) is 1. The zero-order chi connectivity index (χ0) is 23.2. The molecule has 0 atom stereocenters. The molecule has 176 valence electrons. The average Bonchev–Trinajstić information content (AvgIpc) is 3.17. The molecule has 1 aliphatic rings. The first-order valence-electron chi connectivity index (χ1n) is 11.8. The molecule has 1 amide bonds. The van der Waals surface area contributed by atoms with Crippen molar-refractivity contribution in [2.45, 2.75) is 39.0 Å². The Hall–Kier alpha value is -3.22. The van der Waals surface area contributed by atoms with E-state index in [1.807, 2.05) is 53.9 Å². The molecule has 7 nitrogen and oxygen atoms in total. The fraction of sp³-hybridized carbons (Fsp3) is 0.462. The zero-order valence-electron chi connectivity index (χ0n) is 19.8. The van der Waals surface area contributed by atoms with Crippen LogP contribution in [0, 0.1) is 12.8 Å². The van der Waals surface area contributed by atoms with E-state index in [-0.39, 0.29) is 5.91 Å². The number of nitrogens with one attached hydrogen (secondary N) is 1. The maximum Gasteiger partial charge on any atom is 0.252 e. The standard InChI is InChI=1S/C26H34N4O3/c1-19-26(29(2)17-20-7-5-4-6-8-20)30-18-21(9-14-24(30)28-19)25(31)27-15-16-33-23-12-10-22(32-3)11-13-23/h9-14,18,20H,4-8,15-17H2,1-3H3,(H,27,31). The Morgan fingerprint density at radius 1 is 1.12 bits per heavy atom. The summed E-state index contributed by atoms with van der Waals surface area (Å²) in [6, 6.07) is 11.1. The van der Waals surface area contributed by atoms with Gasteiger partial charge in [0.25, 0.3) is 5.91 Å². The summed E-state index contributed by atoms with van der Waals surface area (Å²) >= 11 is 0. The maximum absolute atomic E-state index is 12.8. The Bertz CT molecular complexity index is 1070. The van der Waals surface area contributed by atoms with Crippen molar-refractivity contribution in [2.24, 2.45) is 5.92 Å². The summed E-state index contributed by atoms with van der Waals surface area (Å²) in [5.74, 6) is 3.19. The molecule has 1 saturated carbocycles. The summed E-state index contributed by atoms with van der Waals surface area (Å²) in [5.41, 5.74) is 2.45. The molecule has 0 unspecified atom stereocenters. The summed E-state index contributed by atoms with van der Waals surface area (Å²) in [7, 11) is 3.76. The number of fused-ring (bicyclic) bond motifs is 1. The van der Waals surface area contributed by atoms with Gasteiger partial charge >= 0.3 is 0 Å². The van der Waals surface area contributed by atoms with Crippen molar-refractivity contribution in [3.8, 4) is 11.5 Å². The average molecular weight is 451 g/mol. The molecule has 1 fully saturated rings. The summed E-state index contributed by atoms with van der Waals surface area (Å²) in [5, 5.41) is 2.94. The maximum atomic E-state index is 12.8. The summed E-state index contributed by atoms with van der Waals surface area (Å²) in [4.78, 5) is 19.8. The molecular weight excluding hydrogens is 416 g/mol. The first kappa shape index (κ1) is 23.0. The van der Waals surface area contributed by atoms with Crippen LogP contribution in [0.4, 0.5) is 5.82 Å². The Morgan fingerprint density at radius 3 is 2.58 bits per heavy atom. The van der Waals surface area contributed by atoms with E-state index in [1.165, 1.54) is 32.1 Å². The third-order valence-corrected chi connectivity index (χ3v) is 6.36. The fourth-order valence-corrected chi connectivity index (χ4v) is 4.70. The van der Waals surface area contributed by atoms with Gasteiger partial charge < -0.3 is 19.7 Å². The van der Waals surface area contributed by atoms with Gasteiger partial charge in [0.05, 0.1) is 24.9 Å². The van der Waals surface area contributed by atoms with Gasteiger partial charge in [0, 0.05) is 19.8 Å². The highest BCUT2D eigenvalue weighted by Gasteiger charge is 2.20. The number of benzene rings is 1. The summed E-state index contributed by atoms with van der Waals surface area (Å²) in [6.45, 7) is 3.86. The number of methoxy groups -OCH3 is 1. The summed E-state index contributed by atoms with van der Waals surface area (Å²) < 4.78 is 12.9. The number of carbonyl (C=O) groups excluding carboxylic acids is 1. The quantitative estimate of drug-likeness (QED) is 0.487. The third-order valence-electron chi connectivity index (χ3n) is 6.36. The number of anilines is 1. The molecule has 4 rings (SSSR count). The number of imidazole rings is 1. The van der Waals surface area contributed by atoms with E-state index >= 15 is 0 Å². The van der Waals surface area contributed by atoms with E-state index in [9.17, 15) is 4.79 Å². The number of nitrogens with zero attached hydrogens (tertiary/aromatic N) is 3. The van der Waals surface area contributed by atoms with Crippen LogP contribution in [0.25, 0.3) is 5.65 Å². The SMILES string of the molecule is COc1ccc(OCCNC(=O)c2ccc3nc(C)c(N(C)CC4CCCCC4)n3c2)cc1. The lowest BCUT2D eigenvalue weighted by Crippen LogP contribution is -2.29. The molecule has 3 aromatic rings. The minimum atomic E-state index is -0.123. The van der Waals surface area contributed by atoms with Crippen molar-refractivity contribution in [3.63, 3.8) is 0 Å². The minimum Gasteiger partial charge on any atom is -0.497 e. The Morgan fingerprint density at radius 2 is 1.85 bits per heavy atom. The van der Waals surface area contributed by atoms with Crippen LogP contribution in [-0.4, -0.2) is 49.1 Å². The van der Waals surface area contributed by atoms with Crippen LogP contribution in [0.5, 0.6) is 11.5 Å². The van der Waals surface area contributed by atoms with Crippen LogP contribution in [0.15, 0.2) is 42.6 Å². The highest BCUT2D eigenvalue weighted by atomic mass is 16.5. The Balaban J connectivity index is 1.37. The molecule has 7 heteroatoms. The summed E-state index contributed by atoms with van der Waals surface area (Å²) in [6.07, 6.45) is 8.51. The van der Waals surface area contributed by atoms with Gasteiger partial charge in [0.2, 0.25) is 0 Å². The largest absolute Gasteiger partial charge is 0.497 e. The topological polar surface area (TPSA) is 68.1 Å². The van der Waals surface area contributed by atoms with Crippen LogP contribution in [0.3, 0.4) is 0 Å². The number of amides is 1. The Labute approximate surface area is 195 Å². The predicted molar refractivity (Wildman–Crippen MR) is 131 cm³/mol. The van der Waals surface area contributed by atoms with E-state index in [1.54, 1.807) is 7.11 Å². The van der Waals surface area contributed by atoms with Gasteiger partial charge in [-0.15, -0.1) is 0 Å². The molecular formula is C26H34N4O3. The second-order valence-electron chi connectivity index (χ2n) is 8.83. The van der Waals surface area contributed by atoms with Crippen molar-refractivity contribution in [1.29, 1.82) is 0 Å². The lowest BCUT2D eigenvalue weighted by molar-refractivity contribution is 0.0946. The molecule has 1 aliphatic carbocycles. The van der Waals surface area contributed by atoms with Crippen molar-refractivity contribution >= 4 is 17.4 Å². The number of aromatic nitrogens is 2. The third kappa shape index (κ3) is 5.59. The highest BCUT2D eigenvalue weighted by Crippen LogP contribution is 2.28. The van der Waals surface area contributed by atoms with E-state index in [2.05, 4.69) is 17.3 Å². The number of rotatable bonds is 9. The molecule has 33 heavy (non-hydrogen) atoms. The van der Waals surface area contributed by atoms with Gasteiger partial charge in [0.15, 0.2) is 0 Å². The van der Waals surface area contributed by atoms with Crippen molar-refractivity contribution in [2.75, 3.05) is 38.8 Å². The molecule has 0 aliphatic heterocycles. The number of aryl methyl sites for hydroxylation is 1. The fourth-order valence-electron chi connectivity index (χ4n) is 4.70. The molecule has 1 aromatic carbocycles. The molecule has 0 saturated heterocycles. The highest BCUT2D eigenvalue weighted by molar-refractivity contribution is 5.94.